The van der Waals surface area contributed by atoms with Gasteiger partial charge in [0.15, 0.2) is 9.84 Å². The molecule has 0 fully saturated rings. The quantitative estimate of drug-likeness (QED) is 0.769. The van der Waals surface area contributed by atoms with Crippen molar-refractivity contribution in [3.63, 3.8) is 0 Å². The maximum absolute atomic E-state index is 12.2. The van der Waals surface area contributed by atoms with E-state index in [4.69, 9.17) is 0 Å². The van der Waals surface area contributed by atoms with Gasteiger partial charge in [0.25, 0.3) is 5.91 Å². The lowest BCUT2D eigenvalue weighted by Gasteiger charge is -2.12. The molecule has 0 saturated heterocycles. The van der Waals surface area contributed by atoms with Gasteiger partial charge in [0.2, 0.25) is 0 Å². The number of benzene rings is 1. The smallest absolute Gasteiger partial charge is 0.253 e. The van der Waals surface area contributed by atoms with Crippen LogP contribution in [0.15, 0.2) is 18.2 Å². The fourth-order valence-corrected chi connectivity index (χ4v) is 2.52. The fourth-order valence-electron chi connectivity index (χ4n) is 1.82. The van der Waals surface area contributed by atoms with E-state index in [0.29, 0.717) is 5.56 Å². The van der Waals surface area contributed by atoms with Crippen molar-refractivity contribution in [1.82, 2.24) is 5.32 Å². The Morgan fingerprint density at radius 2 is 1.90 bits per heavy atom. The van der Waals surface area contributed by atoms with E-state index in [-0.39, 0.29) is 24.0 Å². The molecule has 1 amide bonds. The van der Waals surface area contributed by atoms with E-state index < -0.39 is 9.84 Å². The molecular formula is C15H24N2O3S. The van der Waals surface area contributed by atoms with Crippen LogP contribution in [0.1, 0.15) is 36.2 Å². The summed E-state index contributed by atoms with van der Waals surface area (Å²) in [4.78, 5) is 12.2. The summed E-state index contributed by atoms with van der Waals surface area (Å²) in [5.41, 5.74) is 2.32. The average molecular weight is 312 g/mol. The molecule has 0 heterocycles. The Kier molecular flexibility index (Phi) is 6.68. The summed E-state index contributed by atoms with van der Waals surface area (Å²) in [6.45, 7) is 6.49. The average Bonchev–Trinajstić information content (AvgIpc) is 2.45. The molecule has 118 valence electrons. The maximum atomic E-state index is 12.2. The van der Waals surface area contributed by atoms with Gasteiger partial charge < -0.3 is 10.6 Å². The van der Waals surface area contributed by atoms with Crippen molar-refractivity contribution in [2.75, 3.05) is 29.9 Å². The minimum Gasteiger partial charge on any atom is -0.384 e. The van der Waals surface area contributed by atoms with Gasteiger partial charge in [-0.3, -0.25) is 4.79 Å². The van der Waals surface area contributed by atoms with Gasteiger partial charge in [0, 0.05) is 24.5 Å². The maximum Gasteiger partial charge on any atom is 0.253 e. The summed E-state index contributed by atoms with van der Waals surface area (Å²) >= 11 is 0. The van der Waals surface area contributed by atoms with E-state index in [9.17, 15) is 13.2 Å². The lowest BCUT2D eigenvalue weighted by molar-refractivity contribution is 0.0957. The van der Waals surface area contributed by atoms with E-state index in [1.807, 2.05) is 25.1 Å². The third-order valence-electron chi connectivity index (χ3n) is 3.12. The lowest BCUT2D eigenvalue weighted by atomic mass is 10.1. The Labute approximate surface area is 127 Å². The molecule has 0 bridgehead atoms. The summed E-state index contributed by atoms with van der Waals surface area (Å²) in [5, 5.41) is 5.89. The summed E-state index contributed by atoms with van der Waals surface area (Å²) in [5.74, 6) is -0.182. The molecule has 1 aromatic carbocycles. The lowest BCUT2D eigenvalue weighted by Crippen LogP contribution is -2.30. The van der Waals surface area contributed by atoms with Crippen LogP contribution in [-0.4, -0.2) is 38.9 Å². The van der Waals surface area contributed by atoms with Crippen LogP contribution in [0.3, 0.4) is 0 Å². The molecule has 2 N–H and O–H groups in total. The van der Waals surface area contributed by atoms with Gasteiger partial charge in [-0.2, -0.15) is 0 Å². The highest BCUT2D eigenvalue weighted by Crippen LogP contribution is 2.17. The van der Waals surface area contributed by atoms with Crippen LogP contribution in [0.4, 0.5) is 5.69 Å². The molecular weight excluding hydrogens is 288 g/mol. The number of hydrogen-bond acceptors (Lipinski definition) is 4. The second-order valence-electron chi connectivity index (χ2n) is 4.97. The molecule has 0 atom stereocenters. The van der Waals surface area contributed by atoms with Gasteiger partial charge in [0.1, 0.15) is 0 Å². The summed E-state index contributed by atoms with van der Waals surface area (Å²) < 4.78 is 22.8. The largest absolute Gasteiger partial charge is 0.384 e. The van der Waals surface area contributed by atoms with Gasteiger partial charge in [-0.15, -0.1) is 0 Å². The first-order valence-corrected chi connectivity index (χ1v) is 9.05. The third kappa shape index (κ3) is 5.75. The van der Waals surface area contributed by atoms with E-state index in [0.717, 1.165) is 24.2 Å². The van der Waals surface area contributed by atoms with Crippen LogP contribution < -0.4 is 10.6 Å². The van der Waals surface area contributed by atoms with Crippen LogP contribution in [0.25, 0.3) is 0 Å². The van der Waals surface area contributed by atoms with Crippen molar-refractivity contribution >= 4 is 21.4 Å². The number of carbonyl (C=O) groups is 1. The number of rotatable bonds is 8. The molecule has 0 radical (unpaired) electrons. The first-order chi connectivity index (χ1) is 9.89. The standard InChI is InChI=1S/C15H24N2O3S/c1-4-8-16-14-7-6-12(3)11-13(14)15(18)17-9-10-21(19,20)5-2/h6-7,11,16H,4-5,8-10H2,1-3H3,(H,17,18). The second-order valence-corrected chi connectivity index (χ2v) is 7.44. The molecule has 0 aromatic heterocycles. The molecule has 0 unspecified atom stereocenters. The zero-order chi connectivity index (χ0) is 15.9. The molecule has 5 nitrogen and oxygen atoms in total. The third-order valence-corrected chi connectivity index (χ3v) is 4.83. The van der Waals surface area contributed by atoms with E-state index in [1.165, 1.54) is 0 Å². The number of anilines is 1. The summed E-state index contributed by atoms with van der Waals surface area (Å²) in [6.07, 6.45) is 0.962. The van der Waals surface area contributed by atoms with Gasteiger partial charge in [-0.05, 0) is 25.5 Å². The Morgan fingerprint density at radius 3 is 2.52 bits per heavy atom. The number of aryl methyl sites for hydroxylation is 1. The topological polar surface area (TPSA) is 75.3 Å². The van der Waals surface area contributed by atoms with Gasteiger partial charge in [-0.25, -0.2) is 8.42 Å². The summed E-state index contributed by atoms with van der Waals surface area (Å²) in [6, 6.07) is 5.63. The molecule has 21 heavy (non-hydrogen) atoms. The van der Waals surface area contributed by atoms with Crippen molar-refractivity contribution in [2.24, 2.45) is 0 Å². The monoisotopic (exact) mass is 312 g/mol. The SMILES string of the molecule is CCCNc1ccc(C)cc1C(=O)NCCS(=O)(=O)CC. The molecule has 1 rings (SSSR count). The molecule has 0 aliphatic rings. The van der Waals surface area contributed by atoms with Crippen LogP contribution in [0, 0.1) is 6.92 Å². The van der Waals surface area contributed by atoms with Crippen molar-refractivity contribution in [2.45, 2.75) is 27.2 Å². The van der Waals surface area contributed by atoms with E-state index in [1.54, 1.807) is 6.92 Å². The van der Waals surface area contributed by atoms with Crippen molar-refractivity contribution in [3.05, 3.63) is 29.3 Å². The molecule has 1 aromatic rings. The molecule has 0 spiro atoms. The summed E-state index contributed by atoms with van der Waals surface area (Å²) in [7, 11) is -3.06. The highest BCUT2D eigenvalue weighted by Gasteiger charge is 2.13. The highest BCUT2D eigenvalue weighted by atomic mass is 32.2. The predicted octanol–water partition coefficient (Wildman–Crippen LogP) is 1.98. The van der Waals surface area contributed by atoms with Gasteiger partial charge in [0.05, 0.1) is 11.3 Å². The van der Waals surface area contributed by atoms with Crippen molar-refractivity contribution < 1.29 is 13.2 Å². The number of carbonyl (C=O) groups excluding carboxylic acids is 1. The van der Waals surface area contributed by atoms with Crippen molar-refractivity contribution in [3.8, 4) is 0 Å². The van der Waals surface area contributed by atoms with Crippen molar-refractivity contribution in [1.29, 1.82) is 0 Å². The van der Waals surface area contributed by atoms with Gasteiger partial charge in [-0.1, -0.05) is 25.5 Å². The zero-order valence-electron chi connectivity index (χ0n) is 12.9. The van der Waals surface area contributed by atoms with Crippen LogP contribution >= 0.6 is 0 Å². The molecule has 6 heteroatoms. The number of nitrogens with one attached hydrogen (secondary N) is 2. The molecule has 0 saturated carbocycles. The van der Waals surface area contributed by atoms with E-state index in [2.05, 4.69) is 17.6 Å². The Bertz CT molecular complexity index is 583. The van der Waals surface area contributed by atoms with Crippen LogP contribution in [0.2, 0.25) is 0 Å². The minimum atomic E-state index is -3.06. The molecule has 0 aliphatic heterocycles. The van der Waals surface area contributed by atoms with Crippen LogP contribution in [0.5, 0.6) is 0 Å². The first kappa shape index (κ1) is 17.5. The zero-order valence-corrected chi connectivity index (χ0v) is 13.7. The Morgan fingerprint density at radius 1 is 1.19 bits per heavy atom. The molecule has 0 aliphatic carbocycles. The van der Waals surface area contributed by atoms with Gasteiger partial charge >= 0.3 is 0 Å². The number of sulfone groups is 1. The highest BCUT2D eigenvalue weighted by molar-refractivity contribution is 7.91. The second kappa shape index (κ2) is 8.02. The number of amides is 1. The minimum absolute atomic E-state index is 0.0290. The first-order valence-electron chi connectivity index (χ1n) is 7.22. The Balaban J connectivity index is 2.74. The number of hydrogen-bond donors (Lipinski definition) is 2. The van der Waals surface area contributed by atoms with Crippen LogP contribution in [-0.2, 0) is 9.84 Å². The Hall–Kier alpha value is -1.56. The normalized spacial score (nSPS) is 11.2. The van der Waals surface area contributed by atoms with E-state index >= 15 is 0 Å². The predicted molar refractivity (Wildman–Crippen MR) is 86.6 cm³/mol. The fraction of sp³-hybridized carbons (Fsp3) is 0.533.